The van der Waals surface area contributed by atoms with Gasteiger partial charge in [-0.2, -0.15) is 0 Å². The van der Waals surface area contributed by atoms with Crippen LogP contribution < -0.4 is 10.1 Å². The van der Waals surface area contributed by atoms with Crippen molar-refractivity contribution in [3.63, 3.8) is 0 Å². The first-order chi connectivity index (χ1) is 9.84. The first-order valence-corrected chi connectivity index (χ1v) is 7.54. The summed E-state index contributed by atoms with van der Waals surface area (Å²) >= 11 is 0. The van der Waals surface area contributed by atoms with E-state index in [-0.39, 0.29) is 5.41 Å². The van der Waals surface area contributed by atoms with E-state index in [1.54, 1.807) is 0 Å². The Hall–Kier alpha value is -1.55. The number of carbonyl (C=O) groups is 1. The maximum absolute atomic E-state index is 11.1. The first kappa shape index (κ1) is 17.5. The van der Waals surface area contributed by atoms with E-state index in [9.17, 15) is 4.79 Å². The van der Waals surface area contributed by atoms with Crippen LogP contribution in [0.5, 0.6) is 5.75 Å². The van der Waals surface area contributed by atoms with Crippen LogP contribution in [0.25, 0.3) is 0 Å². The Labute approximate surface area is 127 Å². The fourth-order valence-electron chi connectivity index (χ4n) is 1.98. The van der Waals surface area contributed by atoms with Crippen LogP contribution in [-0.2, 0) is 10.2 Å². The molecule has 4 heteroatoms. The second kappa shape index (κ2) is 8.03. The monoisotopic (exact) mass is 293 g/mol. The van der Waals surface area contributed by atoms with Gasteiger partial charge in [-0.1, -0.05) is 39.8 Å². The van der Waals surface area contributed by atoms with Crippen molar-refractivity contribution in [2.24, 2.45) is 0 Å². The number of rotatable bonds is 8. The van der Waals surface area contributed by atoms with Gasteiger partial charge >= 0.3 is 5.97 Å². The Bertz CT molecular complexity index is 452. The molecule has 0 radical (unpaired) electrons. The molecule has 0 fully saturated rings. The minimum atomic E-state index is -0.824. The molecular formula is C17H27NO3. The van der Waals surface area contributed by atoms with E-state index < -0.39 is 12.0 Å². The number of carboxylic acids is 1. The Morgan fingerprint density at radius 3 is 2.67 bits per heavy atom. The van der Waals surface area contributed by atoms with Crippen LogP contribution >= 0.6 is 0 Å². The van der Waals surface area contributed by atoms with E-state index in [0.717, 1.165) is 12.2 Å². The van der Waals surface area contributed by atoms with Gasteiger partial charge in [-0.15, -0.1) is 0 Å². The number of hydrogen-bond acceptors (Lipinski definition) is 3. The van der Waals surface area contributed by atoms with Gasteiger partial charge in [-0.05, 0) is 36.1 Å². The van der Waals surface area contributed by atoms with Crippen molar-refractivity contribution in [1.82, 2.24) is 5.32 Å². The van der Waals surface area contributed by atoms with E-state index in [4.69, 9.17) is 9.84 Å². The average molecular weight is 293 g/mol. The van der Waals surface area contributed by atoms with Crippen molar-refractivity contribution in [1.29, 1.82) is 0 Å². The van der Waals surface area contributed by atoms with Gasteiger partial charge in [0.05, 0.1) is 6.61 Å². The summed E-state index contributed by atoms with van der Waals surface area (Å²) in [6.45, 7) is 9.57. The summed E-state index contributed by atoms with van der Waals surface area (Å²) in [5.41, 5.74) is 1.28. The molecule has 21 heavy (non-hydrogen) atoms. The van der Waals surface area contributed by atoms with Crippen molar-refractivity contribution in [2.45, 2.75) is 52.0 Å². The van der Waals surface area contributed by atoms with E-state index in [2.05, 4.69) is 32.2 Å². The SMILES string of the molecule is CCCNC(CCOc1cccc(C(C)(C)C)c1)C(=O)O. The van der Waals surface area contributed by atoms with Gasteiger partial charge in [0.2, 0.25) is 0 Å². The standard InChI is InChI=1S/C17H27NO3/c1-5-10-18-15(16(19)20)9-11-21-14-8-6-7-13(12-14)17(2,3)4/h6-8,12,15,18H,5,9-11H2,1-4H3,(H,19,20). The van der Waals surface area contributed by atoms with Gasteiger partial charge in [0.25, 0.3) is 0 Å². The molecule has 0 heterocycles. The zero-order chi connectivity index (χ0) is 15.9. The summed E-state index contributed by atoms with van der Waals surface area (Å²) in [6.07, 6.45) is 1.37. The van der Waals surface area contributed by atoms with E-state index in [1.807, 2.05) is 25.1 Å². The molecule has 0 aromatic heterocycles. The van der Waals surface area contributed by atoms with E-state index in [0.29, 0.717) is 19.6 Å². The molecule has 0 aliphatic rings. The molecule has 0 aliphatic carbocycles. The first-order valence-electron chi connectivity index (χ1n) is 7.54. The molecule has 0 saturated carbocycles. The highest BCUT2D eigenvalue weighted by atomic mass is 16.5. The lowest BCUT2D eigenvalue weighted by atomic mass is 9.87. The zero-order valence-corrected chi connectivity index (χ0v) is 13.5. The van der Waals surface area contributed by atoms with Crippen LogP contribution in [0.3, 0.4) is 0 Å². The molecule has 0 amide bonds. The third-order valence-corrected chi connectivity index (χ3v) is 3.31. The predicted molar refractivity (Wildman–Crippen MR) is 85.0 cm³/mol. The van der Waals surface area contributed by atoms with Gasteiger partial charge in [0.1, 0.15) is 11.8 Å². The molecule has 118 valence electrons. The molecule has 1 rings (SSSR count). The maximum atomic E-state index is 11.1. The second-order valence-corrected chi connectivity index (χ2v) is 6.26. The van der Waals surface area contributed by atoms with Gasteiger partial charge < -0.3 is 15.2 Å². The van der Waals surface area contributed by atoms with Crippen LogP contribution in [0.1, 0.15) is 46.1 Å². The van der Waals surface area contributed by atoms with Gasteiger partial charge in [0, 0.05) is 6.42 Å². The predicted octanol–water partition coefficient (Wildman–Crippen LogP) is 3.21. The molecule has 0 bridgehead atoms. The fraction of sp³-hybridized carbons (Fsp3) is 0.588. The molecule has 4 nitrogen and oxygen atoms in total. The normalized spacial score (nSPS) is 13.0. The van der Waals surface area contributed by atoms with Crippen LogP contribution in [0, 0.1) is 0 Å². The highest BCUT2D eigenvalue weighted by molar-refractivity contribution is 5.73. The van der Waals surface area contributed by atoms with Crippen LogP contribution in [0.4, 0.5) is 0 Å². The molecule has 2 N–H and O–H groups in total. The van der Waals surface area contributed by atoms with Crippen molar-refractivity contribution >= 4 is 5.97 Å². The number of carboxylic acid groups (broad SMARTS) is 1. The van der Waals surface area contributed by atoms with Gasteiger partial charge in [0.15, 0.2) is 0 Å². The van der Waals surface area contributed by atoms with Crippen molar-refractivity contribution in [3.05, 3.63) is 29.8 Å². The summed E-state index contributed by atoms with van der Waals surface area (Å²) < 4.78 is 5.70. The number of ether oxygens (including phenoxy) is 1. The molecule has 1 atom stereocenters. The lowest BCUT2D eigenvalue weighted by Crippen LogP contribution is -2.38. The molecular weight excluding hydrogens is 266 g/mol. The third-order valence-electron chi connectivity index (χ3n) is 3.31. The largest absolute Gasteiger partial charge is 0.494 e. The van der Waals surface area contributed by atoms with Crippen LogP contribution in [-0.4, -0.2) is 30.3 Å². The smallest absolute Gasteiger partial charge is 0.320 e. The molecule has 1 aromatic carbocycles. The average Bonchev–Trinajstić information content (AvgIpc) is 2.41. The van der Waals surface area contributed by atoms with Crippen molar-refractivity contribution in [3.8, 4) is 5.75 Å². The third kappa shape index (κ3) is 6.17. The van der Waals surface area contributed by atoms with Crippen LogP contribution in [0.2, 0.25) is 0 Å². The van der Waals surface area contributed by atoms with E-state index >= 15 is 0 Å². The quantitative estimate of drug-likeness (QED) is 0.772. The number of aliphatic carboxylic acids is 1. The topological polar surface area (TPSA) is 58.6 Å². The Morgan fingerprint density at radius 1 is 1.38 bits per heavy atom. The van der Waals surface area contributed by atoms with Crippen molar-refractivity contribution in [2.75, 3.05) is 13.2 Å². The van der Waals surface area contributed by atoms with Gasteiger partial charge in [-0.3, -0.25) is 4.79 Å². The highest BCUT2D eigenvalue weighted by Gasteiger charge is 2.17. The number of hydrogen-bond donors (Lipinski definition) is 2. The lowest BCUT2D eigenvalue weighted by molar-refractivity contribution is -0.139. The minimum absolute atomic E-state index is 0.0751. The molecule has 1 unspecified atom stereocenters. The second-order valence-electron chi connectivity index (χ2n) is 6.26. The van der Waals surface area contributed by atoms with Crippen molar-refractivity contribution < 1.29 is 14.6 Å². The minimum Gasteiger partial charge on any atom is -0.494 e. The fourth-order valence-corrected chi connectivity index (χ4v) is 1.98. The summed E-state index contributed by atoms with van der Waals surface area (Å²) in [6, 6.07) is 7.44. The zero-order valence-electron chi connectivity index (χ0n) is 13.5. The Kier molecular flexibility index (Phi) is 6.69. The summed E-state index contributed by atoms with van der Waals surface area (Å²) in [7, 11) is 0. The van der Waals surface area contributed by atoms with Crippen LogP contribution in [0.15, 0.2) is 24.3 Å². The number of nitrogens with one attached hydrogen (secondary N) is 1. The summed E-state index contributed by atoms with van der Waals surface area (Å²) in [5, 5.41) is 12.1. The maximum Gasteiger partial charge on any atom is 0.320 e. The molecule has 0 aliphatic heterocycles. The van der Waals surface area contributed by atoms with Gasteiger partial charge in [-0.25, -0.2) is 0 Å². The summed E-state index contributed by atoms with van der Waals surface area (Å²) in [4.78, 5) is 11.1. The highest BCUT2D eigenvalue weighted by Crippen LogP contribution is 2.25. The molecule has 0 saturated heterocycles. The summed E-state index contributed by atoms with van der Waals surface area (Å²) in [5.74, 6) is -0.0300. The Balaban J connectivity index is 2.53. The molecule has 0 spiro atoms. The lowest BCUT2D eigenvalue weighted by Gasteiger charge is -2.20. The molecule has 1 aromatic rings. The van der Waals surface area contributed by atoms with E-state index in [1.165, 1.54) is 5.56 Å². The number of benzene rings is 1. The Morgan fingerprint density at radius 2 is 2.10 bits per heavy atom.